The predicted octanol–water partition coefficient (Wildman–Crippen LogP) is 3.67. The standard InChI is InChI=1S/C19H17N3O5S/c1-26-15-6-3-7-16(10-15)27-12-18(23)21-19-20-11-17(28-19)9-13-4-2-5-14(8-13)22(24)25/h2-8,10-11H,9,12H2,1H3,(H,20,21,23). The van der Waals surface area contributed by atoms with E-state index in [1.54, 1.807) is 43.6 Å². The summed E-state index contributed by atoms with van der Waals surface area (Å²) in [6.07, 6.45) is 2.14. The predicted molar refractivity (Wildman–Crippen MR) is 105 cm³/mol. The number of carbonyl (C=O) groups excluding carboxylic acids is 1. The van der Waals surface area contributed by atoms with Crippen molar-refractivity contribution in [3.8, 4) is 11.5 Å². The fourth-order valence-electron chi connectivity index (χ4n) is 2.42. The van der Waals surface area contributed by atoms with Crippen molar-refractivity contribution in [3.05, 3.63) is 75.3 Å². The number of nitro benzene ring substituents is 1. The van der Waals surface area contributed by atoms with Gasteiger partial charge in [-0.3, -0.25) is 20.2 Å². The van der Waals surface area contributed by atoms with E-state index in [2.05, 4.69) is 10.3 Å². The van der Waals surface area contributed by atoms with Crippen LogP contribution in [-0.2, 0) is 11.2 Å². The summed E-state index contributed by atoms with van der Waals surface area (Å²) in [6.45, 7) is -0.160. The minimum Gasteiger partial charge on any atom is -0.497 e. The molecule has 0 aliphatic carbocycles. The highest BCUT2D eigenvalue weighted by atomic mass is 32.1. The first kappa shape index (κ1) is 19.3. The molecule has 0 aliphatic rings. The molecule has 0 bridgehead atoms. The Kier molecular flexibility index (Phi) is 6.18. The van der Waals surface area contributed by atoms with Gasteiger partial charge in [0.25, 0.3) is 11.6 Å². The summed E-state index contributed by atoms with van der Waals surface area (Å²) in [6, 6.07) is 13.4. The Balaban J connectivity index is 1.54. The molecule has 0 saturated heterocycles. The van der Waals surface area contributed by atoms with Crippen molar-refractivity contribution in [1.82, 2.24) is 4.98 Å². The molecule has 0 saturated carbocycles. The number of benzene rings is 2. The minimum atomic E-state index is -0.426. The number of amides is 1. The molecule has 144 valence electrons. The van der Waals surface area contributed by atoms with Crippen LogP contribution in [0.4, 0.5) is 10.8 Å². The van der Waals surface area contributed by atoms with Gasteiger partial charge in [0.05, 0.1) is 12.0 Å². The summed E-state index contributed by atoms with van der Waals surface area (Å²) in [5.74, 6) is 0.836. The second-order valence-electron chi connectivity index (χ2n) is 5.75. The van der Waals surface area contributed by atoms with Crippen LogP contribution in [0.2, 0.25) is 0 Å². The Morgan fingerprint density at radius 2 is 2.00 bits per heavy atom. The molecule has 0 radical (unpaired) electrons. The molecule has 1 N–H and O–H groups in total. The lowest BCUT2D eigenvalue weighted by Crippen LogP contribution is -2.19. The molecule has 1 heterocycles. The largest absolute Gasteiger partial charge is 0.497 e. The van der Waals surface area contributed by atoms with E-state index >= 15 is 0 Å². The van der Waals surface area contributed by atoms with Crippen LogP contribution in [0.1, 0.15) is 10.4 Å². The normalized spacial score (nSPS) is 10.3. The number of ether oxygens (including phenoxy) is 2. The molecule has 0 atom stereocenters. The molecule has 1 amide bonds. The Hall–Kier alpha value is -3.46. The maximum atomic E-state index is 12.1. The van der Waals surface area contributed by atoms with E-state index in [-0.39, 0.29) is 18.2 Å². The summed E-state index contributed by atoms with van der Waals surface area (Å²) < 4.78 is 10.5. The van der Waals surface area contributed by atoms with Gasteiger partial charge in [-0.15, -0.1) is 11.3 Å². The number of rotatable bonds is 8. The number of nitrogens with zero attached hydrogens (tertiary/aromatic N) is 2. The average Bonchev–Trinajstić information content (AvgIpc) is 3.13. The van der Waals surface area contributed by atoms with Crippen LogP contribution in [0.3, 0.4) is 0 Å². The fraction of sp³-hybridized carbons (Fsp3) is 0.158. The lowest BCUT2D eigenvalue weighted by atomic mass is 10.1. The zero-order valence-corrected chi connectivity index (χ0v) is 15.8. The molecule has 0 unspecified atom stereocenters. The summed E-state index contributed by atoms with van der Waals surface area (Å²) in [5.41, 5.74) is 0.849. The highest BCUT2D eigenvalue weighted by Crippen LogP contribution is 2.23. The molecule has 3 aromatic rings. The molecule has 8 nitrogen and oxygen atoms in total. The van der Waals surface area contributed by atoms with Crippen molar-refractivity contribution in [3.63, 3.8) is 0 Å². The van der Waals surface area contributed by atoms with Gasteiger partial charge < -0.3 is 9.47 Å². The molecule has 9 heteroatoms. The summed E-state index contributed by atoms with van der Waals surface area (Å²) in [7, 11) is 1.56. The first-order valence-electron chi connectivity index (χ1n) is 8.28. The van der Waals surface area contributed by atoms with Crippen molar-refractivity contribution in [2.75, 3.05) is 19.0 Å². The highest BCUT2D eigenvalue weighted by molar-refractivity contribution is 7.15. The maximum absolute atomic E-state index is 12.1. The second kappa shape index (κ2) is 8.96. The Morgan fingerprint density at radius 3 is 2.79 bits per heavy atom. The second-order valence-corrected chi connectivity index (χ2v) is 6.87. The third-order valence-corrected chi connectivity index (χ3v) is 4.62. The van der Waals surface area contributed by atoms with Crippen molar-refractivity contribution >= 4 is 28.1 Å². The van der Waals surface area contributed by atoms with Crippen LogP contribution in [0.15, 0.2) is 54.7 Å². The first-order chi connectivity index (χ1) is 13.5. The maximum Gasteiger partial charge on any atom is 0.269 e. The minimum absolute atomic E-state index is 0.0465. The van der Waals surface area contributed by atoms with E-state index in [0.29, 0.717) is 23.1 Å². The lowest BCUT2D eigenvalue weighted by molar-refractivity contribution is -0.384. The Morgan fingerprint density at radius 1 is 1.21 bits per heavy atom. The average molecular weight is 399 g/mol. The van der Waals surface area contributed by atoms with Gasteiger partial charge in [0.1, 0.15) is 11.5 Å². The number of carbonyl (C=O) groups is 1. The number of thiazole rings is 1. The number of nitrogens with one attached hydrogen (secondary N) is 1. The van der Waals surface area contributed by atoms with Crippen LogP contribution < -0.4 is 14.8 Å². The van der Waals surface area contributed by atoms with Crippen LogP contribution in [0, 0.1) is 10.1 Å². The van der Waals surface area contributed by atoms with Gasteiger partial charge in [-0.1, -0.05) is 18.2 Å². The van der Waals surface area contributed by atoms with Gasteiger partial charge in [-0.2, -0.15) is 0 Å². The zero-order valence-electron chi connectivity index (χ0n) is 15.0. The third-order valence-electron chi connectivity index (χ3n) is 3.71. The van der Waals surface area contributed by atoms with E-state index in [0.717, 1.165) is 10.4 Å². The van der Waals surface area contributed by atoms with Gasteiger partial charge in [-0.05, 0) is 17.7 Å². The molecule has 0 spiro atoms. The van der Waals surface area contributed by atoms with E-state index < -0.39 is 4.92 Å². The number of anilines is 1. The first-order valence-corrected chi connectivity index (χ1v) is 9.10. The smallest absolute Gasteiger partial charge is 0.269 e. The lowest BCUT2D eigenvalue weighted by Gasteiger charge is -2.07. The van der Waals surface area contributed by atoms with E-state index in [4.69, 9.17) is 9.47 Å². The number of non-ortho nitro benzene ring substituents is 1. The van der Waals surface area contributed by atoms with E-state index in [1.165, 1.54) is 23.5 Å². The van der Waals surface area contributed by atoms with Gasteiger partial charge in [0.15, 0.2) is 11.7 Å². The SMILES string of the molecule is COc1cccc(OCC(=O)Nc2ncc(Cc3cccc([N+](=O)[O-])c3)s2)c1. The molecule has 28 heavy (non-hydrogen) atoms. The zero-order chi connectivity index (χ0) is 19.9. The van der Waals surface area contributed by atoms with Crippen molar-refractivity contribution in [2.24, 2.45) is 0 Å². The molecule has 3 rings (SSSR count). The molecule has 0 aliphatic heterocycles. The Labute approximate surface area is 164 Å². The topological polar surface area (TPSA) is 104 Å². The van der Waals surface area contributed by atoms with Gasteiger partial charge in [0, 0.05) is 35.7 Å². The summed E-state index contributed by atoms with van der Waals surface area (Å²) in [4.78, 5) is 27.5. The van der Waals surface area contributed by atoms with Crippen molar-refractivity contribution in [1.29, 1.82) is 0 Å². The van der Waals surface area contributed by atoms with E-state index in [9.17, 15) is 14.9 Å². The molecular weight excluding hydrogens is 382 g/mol. The number of aromatic nitrogens is 1. The fourth-order valence-corrected chi connectivity index (χ4v) is 3.29. The van der Waals surface area contributed by atoms with Crippen LogP contribution in [0.25, 0.3) is 0 Å². The summed E-state index contributed by atoms with van der Waals surface area (Å²) >= 11 is 1.31. The van der Waals surface area contributed by atoms with Crippen LogP contribution in [0.5, 0.6) is 11.5 Å². The number of nitro groups is 1. The number of hydrogen-bond donors (Lipinski definition) is 1. The van der Waals surface area contributed by atoms with Crippen molar-refractivity contribution in [2.45, 2.75) is 6.42 Å². The van der Waals surface area contributed by atoms with Gasteiger partial charge in [-0.25, -0.2) is 4.98 Å². The van der Waals surface area contributed by atoms with Crippen LogP contribution >= 0.6 is 11.3 Å². The van der Waals surface area contributed by atoms with Crippen molar-refractivity contribution < 1.29 is 19.2 Å². The number of methoxy groups -OCH3 is 1. The van der Waals surface area contributed by atoms with Gasteiger partial charge >= 0.3 is 0 Å². The Bertz CT molecular complexity index is 989. The highest BCUT2D eigenvalue weighted by Gasteiger charge is 2.10. The molecule has 1 aromatic heterocycles. The quantitative estimate of drug-likeness (QED) is 0.458. The van der Waals surface area contributed by atoms with E-state index in [1.807, 2.05) is 6.07 Å². The molecule has 0 fully saturated rings. The van der Waals surface area contributed by atoms with Gasteiger partial charge in [0.2, 0.25) is 0 Å². The number of hydrogen-bond acceptors (Lipinski definition) is 7. The monoisotopic (exact) mass is 399 g/mol. The van der Waals surface area contributed by atoms with Crippen LogP contribution in [-0.4, -0.2) is 29.5 Å². The molecular formula is C19H17N3O5S. The third kappa shape index (κ3) is 5.27. The summed E-state index contributed by atoms with van der Waals surface area (Å²) in [5, 5.41) is 14.0. The molecule has 2 aromatic carbocycles.